The summed E-state index contributed by atoms with van der Waals surface area (Å²) >= 11 is 6.14. The molecule has 4 fully saturated rings. The summed E-state index contributed by atoms with van der Waals surface area (Å²) in [7, 11) is 5.50. The van der Waals surface area contributed by atoms with Gasteiger partial charge in [-0.2, -0.15) is 5.06 Å². The summed E-state index contributed by atoms with van der Waals surface area (Å²) < 4.78 is 6.03. The number of hydrogen-bond acceptors (Lipinski definition) is 7. The van der Waals surface area contributed by atoms with Crippen LogP contribution in [0.5, 0.6) is 5.75 Å². The highest BCUT2D eigenvalue weighted by atomic mass is 35.5. The first-order valence-corrected chi connectivity index (χ1v) is 18.8. The van der Waals surface area contributed by atoms with E-state index in [1.54, 1.807) is 19.1 Å². The number of carbonyl (C=O) groups excluding carboxylic acids is 2. The molecule has 3 aromatic carbocycles. The van der Waals surface area contributed by atoms with Gasteiger partial charge in [0.2, 0.25) is 0 Å². The molecule has 2 bridgehead atoms. The largest absolute Gasteiger partial charge is 0.496 e. The predicted octanol–water partition coefficient (Wildman–Crippen LogP) is 7.08. The van der Waals surface area contributed by atoms with Crippen molar-refractivity contribution in [2.24, 2.45) is 40.0 Å². The fourth-order valence-corrected chi connectivity index (χ4v) is 8.88. The maximum atomic E-state index is 13.8. The molecule has 9 nitrogen and oxygen atoms in total. The van der Waals surface area contributed by atoms with Crippen molar-refractivity contribution in [3.63, 3.8) is 0 Å². The monoisotopic (exact) mass is 728 g/mol. The van der Waals surface area contributed by atoms with Gasteiger partial charge in [-0.3, -0.25) is 14.4 Å². The van der Waals surface area contributed by atoms with E-state index in [1.165, 1.54) is 6.42 Å². The lowest BCUT2D eigenvalue weighted by atomic mass is 9.43. The molecule has 0 spiro atoms. The number of carbonyl (C=O) groups is 2. The van der Waals surface area contributed by atoms with Crippen LogP contribution >= 0.6 is 11.6 Å². The van der Waals surface area contributed by atoms with Crippen molar-refractivity contribution in [2.45, 2.75) is 65.6 Å². The molecular formula is C42H53ClN4O5. The number of aliphatic hydroxyl groups excluding tert-OH is 1. The van der Waals surface area contributed by atoms with Gasteiger partial charge in [0.25, 0.3) is 11.8 Å². The molecule has 7 rings (SSSR count). The molecule has 3 saturated carbocycles. The number of nitrogens with zero attached hydrogens (tertiary/aromatic N) is 3. The van der Waals surface area contributed by atoms with Crippen molar-refractivity contribution in [1.29, 1.82) is 0 Å². The number of hydrogen-bond donors (Lipinski definition) is 2. The van der Waals surface area contributed by atoms with Crippen LogP contribution in [0.3, 0.4) is 0 Å². The van der Waals surface area contributed by atoms with Gasteiger partial charge in [-0.1, -0.05) is 62.7 Å². The van der Waals surface area contributed by atoms with Gasteiger partial charge in [-0.05, 0) is 96.7 Å². The molecule has 4 aliphatic rings. The number of hydroxylamine groups is 2. The number of nitrogens with one attached hydrogen (secondary N) is 1. The van der Waals surface area contributed by atoms with Gasteiger partial charge >= 0.3 is 0 Å². The van der Waals surface area contributed by atoms with E-state index in [-0.39, 0.29) is 30.9 Å². The van der Waals surface area contributed by atoms with E-state index in [4.69, 9.17) is 21.2 Å². The maximum Gasteiger partial charge on any atom is 0.265 e. The fourth-order valence-electron chi connectivity index (χ4n) is 8.67. The number of para-hydroxylation sites is 1. The predicted molar refractivity (Wildman–Crippen MR) is 207 cm³/mol. The molecule has 1 aliphatic heterocycles. The van der Waals surface area contributed by atoms with Crippen LogP contribution in [0.15, 0.2) is 65.7 Å². The van der Waals surface area contributed by atoms with Crippen molar-refractivity contribution in [3.8, 4) is 16.9 Å². The summed E-state index contributed by atoms with van der Waals surface area (Å²) in [6.45, 7) is 9.64. The van der Waals surface area contributed by atoms with E-state index in [2.05, 4.69) is 31.1 Å². The Morgan fingerprint density at radius 2 is 1.92 bits per heavy atom. The zero-order chi connectivity index (χ0) is 37.3. The van der Waals surface area contributed by atoms with Crippen LogP contribution in [0.2, 0.25) is 5.02 Å². The molecular weight excluding hydrogens is 676 g/mol. The summed E-state index contributed by atoms with van der Waals surface area (Å²) in [5, 5.41) is 16.1. The molecule has 2 N–H and O–H groups in total. The smallest absolute Gasteiger partial charge is 0.265 e. The van der Waals surface area contributed by atoms with Crippen molar-refractivity contribution in [3.05, 3.63) is 82.4 Å². The third-order valence-corrected chi connectivity index (χ3v) is 12.3. The summed E-state index contributed by atoms with van der Waals surface area (Å²) in [6, 6.07) is 18.5. The van der Waals surface area contributed by atoms with Crippen molar-refractivity contribution < 1.29 is 24.3 Å². The lowest BCUT2D eigenvalue weighted by molar-refractivity contribution is -0.155. The lowest BCUT2D eigenvalue weighted by Gasteiger charge is -2.61. The number of aliphatic imine (C=N–C) groups is 1. The van der Waals surface area contributed by atoms with Gasteiger partial charge in [0.05, 0.1) is 26.4 Å². The molecule has 52 heavy (non-hydrogen) atoms. The van der Waals surface area contributed by atoms with Gasteiger partial charge in [0, 0.05) is 60.2 Å². The Bertz CT molecular complexity index is 1810. The number of methoxy groups -OCH3 is 1. The number of rotatable bonds is 12. The first-order valence-electron chi connectivity index (χ1n) is 18.5. The average Bonchev–Trinajstić information content (AvgIpc) is 3.54. The molecule has 7 atom stereocenters. The van der Waals surface area contributed by atoms with Crippen molar-refractivity contribution >= 4 is 35.3 Å². The minimum Gasteiger partial charge on any atom is -0.496 e. The highest BCUT2D eigenvalue weighted by Gasteiger charge is 2.56. The van der Waals surface area contributed by atoms with Crippen LogP contribution in [0.4, 0.5) is 5.69 Å². The van der Waals surface area contributed by atoms with Crippen LogP contribution < -0.4 is 15.0 Å². The number of halogens is 1. The molecule has 1 heterocycles. The topological polar surface area (TPSA) is 104 Å². The first-order chi connectivity index (χ1) is 24.8. The number of aliphatic hydroxyl groups is 1. The highest BCUT2D eigenvalue weighted by Crippen LogP contribution is 2.62. The Morgan fingerprint density at radius 3 is 2.60 bits per heavy atom. The van der Waals surface area contributed by atoms with E-state index in [0.29, 0.717) is 52.5 Å². The molecule has 0 aromatic heterocycles. The minimum absolute atomic E-state index is 0.179. The maximum absolute atomic E-state index is 13.8. The Balaban J connectivity index is 1.22. The van der Waals surface area contributed by atoms with Crippen LogP contribution in [-0.4, -0.2) is 74.7 Å². The van der Waals surface area contributed by atoms with E-state index < -0.39 is 18.1 Å². The molecule has 1 unspecified atom stereocenters. The second-order valence-corrected chi connectivity index (χ2v) is 16.2. The van der Waals surface area contributed by atoms with Gasteiger partial charge < -0.3 is 20.1 Å². The van der Waals surface area contributed by atoms with E-state index in [9.17, 15) is 14.7 Å². The Kier molecular flexibility index (Phi) is 11.5. The van der Waals surface area contributed by atoms with Gasteiger partial charge in [0.1, 0.15) is 11.8 Å². The van der Waals surface area contributed by atoms with Crippen molar-refractivity contribution in [1.82, 2.24) is 10.4 Å². The van der Waals surface area contributed by atoms with Gasteiger partial charge in [-0.15, -0.1) is 0 Å². The Hall–Kier alpha value is -3.76. The van der Waals surface area contributed by atoms with Crippen LogP contribution in [0.25, 0.3) is 11.1 Å². The number of ether oxygens (including phenoxy) is 1. The van der Waals surface area contributed by atoms with Crippen molar-refractivity contribution in [2.75, 3.05) is 39.3 Å². The lowest BCUT2D eigenvalue weighted by Crippen LogP contribution is -2.55. The second kappa shape index (κ2) is 15.7. The normalized spacial score (nSPS) is 25.8. The Labute approximate surface area is 313 Å². The van der Waals surface area contributed by atoms with Crippen LogP contribution in [0, 0.1) is 35.0 Å². The summed E-state index contributed by atoms with van der Waals surface area (Å²) in [6.07, 6.45) is 4.09. The molecule has 10 heteroatoms. The molecule has 278 valence electrons. The van der Waals surface area contributed by atoms with Crippen LogP contribution in [-0.2, 0) is 22.6 Å². The number of benzene rings is 3. The molecule has 1 saturated heterocycles. The zero-order valence-electron chi connectivity index (χ0n) is 31.4. The third-order valence-electron chi connectivity index (χ3n) is 12.1. The fraction of sp³-hybridized carbons (Fsp3) is 0.500. The number of amides is 2. The number of anilines is 1. The molecule has 0 radical (unpaired) electrons. The zero-order valence-corrected chi connectivity index (χ0v) is 32.2. The van der Waals surface area contributed by atoms with E-state index in [1.807, 2.05) is 85.9 Å². The Morgan fingerprint density at radius 1 is 1.15 bits per heavy atom. The number of fused-ring (bicyclic) bond motifs is 2. The summed E-state index contributed by atoms with van der Waals surface area (Å²) in [5.41, 5.74) is 5.22. The van der Waals surface area contributed by atoms with Gasteiger partial charge in [-0.25, -0.2) is 4.99 Å². The highest BCUT2D eigenvalue weighted by molar-refractivity contribution is 6.30. The quantitative estimate of drug-likeness (QED) is 0.192. The van der Waals surface area contributed by atoms with Gasteiger partial charge in [0.15, 0.2) is 0 Å². The third kappa shape index (κ3) is 7.79. The van der Waals surface area contributed by atoms with E-state index >= 15 is 0 Å². The minimum atomic E-state index is -0.756. The average molecular weight is 729 g/mol. The molecule has 3 aromatic rings. The summed E-state index contributed by atoms with van der Waals surface area (Å²) in [4.78, 5) is 39.9. The SMILES string of the molecule is COc1c(CN2OC[C@@H]([C@H](C)O)[C@H]2C(=O)N=CC2C[C@H]3C[C@@H]([C@@H]2C)C3(C)C)cccc1-c1cc(C(=O)NCCc2cccc(Cl)c2)cc(N(C)C)c1. The molecule has 3 aliphatic carbocycles. The first kappa shape index (κ1) is 38.0. The summed E-state index contributed by atoms with van der Waals surface area (Å²) in [5.74, 6) is 1.77. The second-order valence-electron chi connectivity index (χ2n) is 15.8. The molecule has 2 amide bonds. The van der Waals surface area contributed by atoms with E-state index in [0.717, 1.165) is 34.4 Å². The standard InChI is InChI=1S/C42H53ClN4O5/c1-25-31(18-32-21-37(25)42(32,3)4)22-45-41(50)38-36(26(2)48)24-52-47(38)23-28-11-9-13-35(39(28)51-7)29-17-30(20-34(19-29)46(5)6)40(49)44-15-14-27-10-8-12-33(43)16-27/h8-13,16-17,19-20,22,25-26,31-32,36-38,48H,14-15,18,21,23-24H2,1-7H3,(H,44,49)/t25-,26+,31?,32+,36+,37+,38+/m1/s1. The van der Waals surface area contributed by atoms with Crippen LogP contribution in [0.1, 0.15) is 62.0 Å².